The van der Waals surface area contributed by atoms with Crippen molar-refractivity contribution < 1.29 is 13.9 Å². The fraction of sp³-hybridized carbons (Fsp3) is 0.458. The van der Waals surface area contributed by atoms with E-state index in [1.165, 1.54) is 17.7 Å². The molecular formula is C24H32FN3O2. The molecule has 1 heterocycles. The Morgan fingerprint density at radius 3 is 2.23 bits per heavy atom. The third kappa shape index (κ3) is 6.12. The molecule has 0 aromatic heterocycles. The first-order chi connectivity index (χ1) is 14.3. The molecule has 0 aliphatic carbocycles. The third-order valence-electron chi connectivity index (χ3n) is 5.35. The van der Waals surface area contributed by atoms with E-state index in [4.69, 9.17) is 4.74 Å². The lowest BCUT2D eigenvalue weighted by Crippen LogP contribution is -2.52. The maximum atomic E-state index is 13.1. The van der Waals surface area contributed by atoms with Gasteiger partial charge in [-0.15, -0.1) is 0 Å². The minimum Gasteiger partial charge on any atom is -0.494 e. The second kappa shape index (κ2) is 9.83. The summed E-state index contributed by atoms with van der Waals surface area (Å²) in [5.41, 5.74) is 2.40. The minimum absolute atomic E-state index is 0.0386. The zero-order valence-electron chi connectivity index (χ0n) is 18.2. The lowest BCUT2D eigenvalue weighted by atomic mass is 9.87. The van der Waals surface area contributed by atoms with Gasteiger partial charge in [0.05, 0.1) is 6.61 Å². The molecule has 0 spiro atoms. The predicted molar refractivity (Wildman–Crippen MR) is 119 cm³/mol. The highest BCUT2D eigenvalue weighted by atomic mass is 19.1. The second-order valence-electron chi connectivity index (χ2n) is 8.66. The highest BCUT2D eigenvalue weighted by Crippen LogP contribution is 2.24. The van der Waals surface area contributed by atoms with Gasteiger partial charge in [-0.2, -0.15) is 0 Å². The Labute approximate surface area is 178 Å². The Morgan fingerprint density at radius 1 is 1.00 bits per heavy atom. The van der Waals surface area contributed by atoms with E-state index < -0.39 is 0 Å². The van der Waals surface area contributed by atoms with E-state index in [-0.39, 0.29) is 17.3 Å². The van der Waals surface area contributed by atoms with Crippen LogP contribution in [0.25, 0.3) is 0 Å². The van der Waals surface area contributed by atoms with Crippen molar-refractivity contribution in [2.75, 3.05) is 44.2 Å². The van der Waals surface area contributed by atoms with E-state index in [2.05, 4.69) is 43.1 Å². The highest BCUT2D eigenvalue weighted by molar-refractivity contribution is 5.74. The Morgan fingerprint density at radius 2 is 1.63 bits per heavy atom. The summed E-state index contributed by atoms with van der Waals surface area (Å²) in [6.45, 7) is 10.5. The van der Waals surface area contributed by atoms with Gasteiger partial charge >= 0.3 is 6.03 Å². The van der Waals surface area contributed by atoms with E-state index >= 15 is 0 Å². The first kappa shape index (κ1) is 21.9. The zero-order chi connectivity index (χ0) is 21.6. The van der Waals surface area contributed by atoms with Crippen molar-refractivity contribution in [2.45, 2.75) is 32.6 Å². The number of piperazine rings is 1. The van der Waals surface area contributed by atoms with Gasteiger partial charge in [-0.3, -0.25) is 0 Å². The number of hydrogen-bond acceptors (Lipinski definition) is 3. The first-order valence-corrected chi connectivity index (χ1v) is 10.6. The number of carbonyl (C=O) groups is 1. The molecule has 6 heteroatoms. The van der Waals surface area contributed by atoms with Crippen molar-refractivity contribution in [3.05, 3.63) is 59.9 Å². The maximum Gasteiger partial charge on any atom is 0.317 e. The largest absolute Gasteiger partial charge is 0.494 e. The number of benzene rings is 2. The molecule has 1 N–H and O–H groups in total. The number of ether oxygens (including phenoxy) is 1. The first-order valence-electron chi connectivity index (χ1n) is 10.6. The highest BCUT2D eigenvalue weighted by Gasteiger charge is 2.21. The summed E-state index contributed by atoms with van der Waals surface area (Å²) in [4.78, 5) is 16.4. The zero-order valence-corrected chi connectivity index (χ0v) is 18.2. The smallest absolute Gasteiger partial charge is 0.317 e. The molecule has 162 valence electrons. The van der Waals surface area contributed by atoms with Gasteiger partial charge in [0.15, 0.2) is 0 Å². The van der Waals surface area contributed by atoms with E-state index in [1.54, 1.807) is 12.1 Å². The number of nitrogens with one attached hydrogen (secondary N) is 1. The van der Waals surface area contributed by atoms with E-state index in [9.17, 15) is 9.18 Å². The molecule has 0 unspecified atom stereocenters. The van der Waals surface area contributed by atoms with Crippen LogP contribution < -0.4 is 15.0 Å². The molecule has 0 saturated carbocycles. The second-order valence-corrected chi connectivity index (χ2v) is 8.66. The summed E-state index contributed by atoms with van der Waals surface area (Å²) >= 11 is 0. The molecule has 1 saturated heterocycles. The number of amides is 2. The average Bonchev–Trinajstić information content (AvgIpc) is 2.74. The number of halogens is 1. The number of anilines is 1. The Balaban J connectivity index is 1.32. The Bertz CT molecular complexity index is 808. The maximum absolute atomic E-state index is 13.1. The molecule has 2 aromatic carbocycles. The van der Waals surface area contributed by atoms with Crippen LogP contribution in [-0.2, 0) is 5.41 Å². The van der Waals surface area contributed by atoms with Crippen molar-refractivity contribution in [1.29, 1.82) is 0 Å². The summed E-state index contributed by atoms with van der Waals surface area (Å²) < 4.78 is 18.8. The average molecular weight is 414 g/mol. The van der Waals surface area contributed by atoms with Crippen molar-refractivity contribution in [2.24, 2.45) is 0 Å². The summed E-state index contributed by atoms with van der Waals surface area (Å²) in [5.74, 6) is 0.619. The lowest BCUT2D eigenvalue weighted by Gasteiger charge is -2.36. The van der Waals surface area contributed by atoms with Crippen LogP contribution in [0.4, 0.5) is 14.9 Å². The van der Waals surface area contributed by atoms with Gasteiger partial charge in [-0.05, 0) is 53.8 Å². The molecule has 1 aliphatic rings. The summed E-state index contributed by atoms with van der Waals surface area (Å²) in [7, 11) is 0. The van der Waals surface area contributed by atoms with Crippen LogP contribution in [0.3, 0.4) is 0 Å². The Kier molecular flexibility index (Phi) is 7.19. The fourth-order valence-electron chi connectivity index (χ4n) is 3.44. The van der Waals surface area contributed by atoms with Crippen LogP contribution in [0.1, 0.15) is 32.8 Å². The van der Waals surface area contributed by atoms with Gasteiger partial charge in [0, 0.05) is 38.4 Å². The molecular weight excluding hydrogens is 381 g/mol. The molecule has 1 aliphatic heterocycles. The number of hydrogen-bond donors (Lipinski definition) is 1. The summed E-state index contributed by atoms with van der Waals surface area (Å²) in [6.07, 6.45) is 0.752. The van der Waals surface area contributed by atoms with Gasteiger partial charge in [0.25, 0.3) is 0 Å². The summed E-state index contributed by atoms with van der Waals surface area (Å²) in [5, 5.41) is 2.97. The standard InChI is InChI=1S/C24H32FN3O2/c1-24(2,3)19-5-11-22(12-6-19)30-18-4-13-26-23(29)28-16-14-27(15-17-28)21-9-7-20(25)8-10-21/h5-12H,4,13-18H2,1-3H3,(H,26,29). The van der Waals surface area contributed by atoms with E-state index in [0.29, 0.717) is 26.2 Å². The van der Waals surface area contributed by atoms with Crippen LogP contribution in [0.2, 0.25) is 0 Å². The topological polar surface area (TPSA) is 44.8 Å². The van der Waals surface area contributed by atoms with Crippen molar-refractivity contribution in [3.63, 3.8) is 0 Å². The quantitative estimate of drug-likeness (QED) is 0.713. The van der Waals surface area contributed by atoms with Gasteiger partial charge < -0.3 is 19.9 Å². The van der Waals surface area contributed by atoms with Crippen LogP contribution in [0, 0.1) is 5.82 Å². The predicted octanol–water partition coefficient (Wildman–Crippen LogP) is 4.42. The fourth-order valence-corrected chi connectivity index (χ4v) is 3.44. The van der Waals surface area contributed by atoms with Gasteiger partial charge in [-0.1, -0.05) is 32.9 Å². The van der Waals surface area contributed by atoms with Gasteiger partial charge in [-0.25, -0.2) is 9.18 Å². The van der Waals surface area contributed by atoms with Crippen LogP contribution in [-0.4, -0.2) is 50.3 Å². The molecule has 2 aromatic rings. The van der Waals surface area contributed by atoms with Gasteiger partial charge in [0.1, 0.15) is 11.6 Å². The molecule has 30 heavy (non-hydrogen) atoms. The lowest BCUT2D eigenvalue weighted by molar-refractivity contribution is 0.193. The van der Waals surface area contributed by atoms with Crippen molar-refractivity contribution in [3.8, 4) is 5.75 Å². The third-order valence-corrected chi connectivity index (χ3v) is 5.35. The molecule has 0 bridgehead atoms. The van der Waals surface area contributed by atoms with Crippen molar-refractivity contribution >= 4 is 11.7 Å². The normalized spacial score (nSPS) is 14.5. The minimum atomic E-state index is -0.234. The SMILES string of the molecule is CC(C)(C)c1ccc(OCCCNC(=O)N2CCN(c3ccc(F)cc3)CC2)cc1. The Hall–Kier alpha value is -2.76. The molecule has 0 atom stereocenters. The summed E-state index contributed by atoms with van der Waals surface area (Å²) in [6, 6.07) is 14.7. The number of nitrogens with zero attached hydrogens (tertiary/aromatic N) is 2. The van der Waals surface area contributed by atoms with Crippen LogP contribution in [0.5, 0.6) is 5.75 Å². The molecule has 0 radical (unpaired) electrons. The molecule has 5 nitrogen and oxygen atoms in total. The molecule has 1 fully saturated rings. The molecule has 2 amide bonds. The van der Waals surface area contributed by atoms with Crippen molar-refractivity contribution in [1.82, 2.24) is 10.2 Å². The number of rotatable bonds is 6. The molecule has 3 rings (SSSR count). The van der Waals surface area contributed by atoms with Gasteiger partial charge in [0.2, 0.25) is 0 Å². The van der Waals surface area contributed by atoms with Crippen LogP contribution in [0.15, 0.2) is 48.5 Å². The van der Waals surface area contributed by atoms with E-state index in [0.717, 1.165) is 30.9 Å². The number of carbonyl (C=O) groups excluding carboxylic acids is 1. The number of urea groups is 1. The van der Waals surface area contributed by atoms with Crippen LogP contribution >= 0.6 is 0 Å². The monoisotopic (exact) mass is 413 g/mol. The van der Waals surface area contributed by atoms with E-state index in [1.807, 2.05) is 17.0 Å².